The number of unbranched alkanes of at least 4 members (excludes halogenated alkanes) is 1. The first-order chi connectivity index (χ1) is 11.6. The maximum absolute atomic E-state index is 13.8. The molecule has 130 valence electrons. The van der Waals surface area contributed by atoms with Crippen molar-refractivity contribution in [3.05, 3.63) is 65.2 Å². The van der Waals surface area contributed by atoms with E-state index in [9.17, 15) is 8.78 Å². The molecule has 0 aliphatic rings. The lowest BCUT2D eigenvalue weighted by Crippen LogP contribution is -2.09. The van der Waals surface area contributed by atoms with Crippen LogP contribution in [0.2, 0.25) is 0 Å². The molecule has 0 amide bonds. The van der Waals surface area contributed by atoms with Crippen molar-refractivity contribution in [2.24, 2.45) is 5.92 Å². The van der Waals surface area contributed by atoms with Gasteiger partial charge in [0.15, 0.2) is 0 Å². The van der Waals surface area contributed by atoms with Crippen LogP contribution in [0.4, 0.5) is 14.5 Å². The summed E-state index contributed by atoms with van der Waals surface area (Å²) in [6.07, 6.45) is 5.97. The monoisotopic (exact) mass is 331 g/mol. The van der Waals surface area contributed by atoms with E-state index in [0.717, 1.165) is 12.5 Å². The summed E-state index contributed by atoms with van der Waals surface area (Å²) in [4.78, 5) is 0. The summed E-state index contributed by atoms with van der Waals surface area (Å²) < 4.78 is 26.7. The number of hydrogen-bond acceptors (Lipinski definition) is 1. The third kappa shape index (κ3) is 5.33. The Morgan fingerprint density at radius 2 is 1.75 bits per heavy atom. The average Bonchev–Trinajstić information content (AvgIpc) is 2.58. The van der Waals surface area contributed by atoms with Gasteiger partial charge >= 0.3 is 0 Å². The van der Waals surface area contributed by atoms with Crippen molar-refractivity contribution in [2.45, 2.75) is 52.5 Å². The second kappa shape index (κ2) is 9.41. The van der Waals surface area contributed by atoms with Crippen LogP contribution in [0.15, 0.2) is 42.5 Å². The first kappa shape index (κ1) is 18.4. The molecule has 0 saturated carbocycles. The van der Waals surface area contributed by atoms with Gasteiger partial charge in [-0.15, -0.1) is 0 Å². The predicted octanol–water partition coefficient (Wildman–Crippen LogP) is 6.34. The molecule has 0 fully saturated rings. The Morgan fingerprint density at radius 1 is 1.00 bits per heavy atom. The minimum absolute atomic E-state index is 0.337. The van der Waals surface area contributed by atoms with Crippen molar-refractivity contribution in [1.82, 2.24) is 0 Å². The van der Waals surface area contributed by atoms with Crippen molar-refractivity contribution < 1.29 is 8.78 Å². The van der Waals surface area contributed by atoms with E-state index < -0.39 is 11.6 Å². The topological polar surface area (TPSA) is 12.0 Å². The van der Waals surface area contributed by atoms with Crippen LogP contribution < -0.4 is 5.32 Å². The summed E-state index contributed by atoms with van der Waals surface area (Å²) in [5.74, 6) is -0.421. The number of hydrogen-bond donors (Lipinski definition) is 1. The zero-order valence-electron chi connectivity index (χ0n) is 14.6. The summed E-state index contributed by atoms with van der Waals surface area (Å²) >= 11 is 0. The molecule has 3 heteroatoms. The first-order valence-corrected chi connectivity index (χ1v) is 8.89. The largest absolute Gasteiger partial charge is 0.379 e. The van der Waals surface area contributed by atoms with Crippen LogP contribution in [0.5, 0.6) is 0 Å². The number of halogens is 2. The molecule has 24 heavy (non-hydrogen) atoms. The van der Waals surface area contributed by atoms with E-state index in [0.29, 0.717) is 18.2 Å². The van der Waals surface area contributed by atoms with Crippen molar-refractivity contribution in [3.63, 3.8) is 0 Å². The zero-order valence-corrected chi connectivity index (χ0v) is 14.6. The quantitative estimate of drug-likeness (QED) is 0.565. The lowest BCUT2D eigenvalue weighted by molar-refractivity contribution is 0.448. The maximum Gasteiger partial charge on any atom is 0.149 e. The Hall–Kier alpha value is -1.90. The molecule has 1 nitrogen and oxygen atoms in total. The van der Waals surface area contributed by atoms with Crippen LogP contribution in [0, 0.1) is 17.6 Å². The van der Waals surface area contributed by atoms with E-state index in [1.54, 1.807) is 0 Å². The van der Waals surface area contributed by atoms with Crippen LogP contribution in [-0.2, 0) is 13.0 Å². The fourth-order valence-corrected chi connectivity index (χ4v) is 3.01. The van der Waals surface area contributed by atoms with E-state index in [4.69, 9.17) is 0 Å². The molecular weight excluding hydrogens is 304 g/mol. The van der Waals surface area contributed by atoms with Gasteiger partial charge in [-0.1, -0.05) is 63.8 Å². The van der Waals surface area contributed by atoms with Crippen LogP contribution in [0.25, 0.3) is 0 Å². The summed E-state index contributed by atoms with van der Waals surface area (Å²) in [5.41, 5.74) is 2.83. The molecule has 0 spiro atoms. The normalized spacial score (nSPS) is 12.2. The molecule has 2 aromatic rings. The summed E-state index contributed by atoms with van der Waals surface area (Å²) in [5, 5.41) is 3.09. The molecular formula is C21H27F2N. The second-order valence-corrected chi connectivity index (χ2v) is 6.37. The summed E-state index contributed by atoms with van der Waals surface area (Å²) in [7, 11) is 0. The predicted molar refractivity (Wildman–Crippen MR) is 97.1 cm³/mol. The van der Waals surface area contributed by atoms with Gasteiger partial charge in [-0.05, 0) is 35.6 Å². The average molecular weight is 331 g/mol. The minimum Gasteiger partial charge on any atom is -0.379 e. The van der Waals surface area contributed by atoms with E-state index in [2.05, 4.69) is 37.4 Å². The van der Waals surface area contributed by atoms with Gasteiger partial charge in [0.2, 0.25) is 0 Å². The Labute approximate surface area is 144 Å². The highest BCUT2D eigenvalue weighted by Gasteiger charge is 2.11. The molecule has 1 unspecified atom stereocenters. The molecule has 2 rings (SSSR count). The van der Waals surface area contributed by atoms with Crippen LogP contribution in [0.1, 0.15) is 50.7 Å². The van der Waals surface area contributed by atoms with Crippen LogP contribution in [0.3, 0.4) is 0 Å². The van der Waals surface area contributed by atoms with Crippen LogP contribution in [-0.4, -0.2) is 0 Å². The van der Waals surface area contributed by atoms with E-state index >= 15 is 0 Å². The molecule has 2 aromatic carbocycles. The van der Waals surface area contributed by atoms with Gasteiger partial charge < -0.3 is 5.32 Å². The van der Waals surface area contributed by atoms with Gasteiger partial charge in [0.25, 0.3) is 0 Å². The lowest BCUT2D eigenvalue weighted by atomic mass is 9.90. The maximum atomic E-state index is 13.8. The second-order valence-electron chi connectivity index (χ2n) is 6.37. The van der Waals surface area contributed by atoms with Gasteiger partial charge in [-0.2, -0.15) is 0 Å². The van der Waals surface area contributed by atoms with Crippen molar-refractivity contribution in [1.29, 1.82) is 0 Å². The fraction of sp³-hybridized carbons (Fsp3) is 0.429. The molecule has 0 aromatic heterocycles. The molecule has 1 atom stereocenters. The van der Waals surface area contributed by atoms with Gasteiger partial charge in [-0.3, -0.25) is 0 Å². The SMILES string of the molecule is CCCCC(CC)Cc1ccccc1CNc1ccc(F)cc1F. The van der Waals surface area contributed by atoms with Crippen LogP contribution >= 0.6 is 0 Å². The molecule has 1 N–H and O–H groups in total. The molecule has 0 aliphatic carbocycles. The lowest BCUT2D eigenvalue weighted by Gasteiger charge is -2.18. The number of rotatable bonds is 9. The number of nitrogens with one attached hydrogen (secondary N) is 1. The highest BCUT2D eigenvalue weighted by molar-refractivity contribution is 5.45. The smallest absolute Gasteiger partial charge is 0.149 e. The zero-order chi connectivity index (χ0) is 17.4. The van der Waals surface area contributed by atoms with E-state index in [1.807, 2.05) is 6.07 Å². The Morgan fingerprint density at radius 3 is 2.42 bits per heavy atom. The number of benzene rings is 2. The highest BCUT2D eigenvalue weighted by Crippen LogP contribution is 2.22. The van der Waals surface area contributed by atoms with Crippen molar-refractivity contribution in [3.8, 4) is 0 Å². The summed E-state index contributed by atoms with van der Waals surface area (Å²) in [6, 6.07) is 11.9. The highest BCUT2D eigenvalue weighted by atomic mass is 19.1. The first-order valence-electron chi connectivity index (χ1n) is 8.89. The molecule has 0 radical (unpaired) electrons. The Balaban J connectivity index is 2.05. The summed E-state index contributed by atoms with van der Waals surface area (Å²) in [6.45, 7) is 5.01. The standard InChI is InChI=1S/C21H27F2N/c1-3-5-8-16(4-2)13-17-9-6-7-10-18(17)15-24-21-12-11-19(22)14-20(21)23/h6-7,9-12,14,16,24H,3-5,8,13,15H2,1-2H3. The van der Waals surface area contributed by atoms with Gasteiger partial charge in [0.05, 0.1) is 5.69 Å². The van der Waals surface area contributed by atoms with E-state index in [-0.39, 0.29) is 0 Å². The molecule has 0 bridgehead atoms. The third-order valence-electron chi connectivity index (χ3n) is 4.57. The molecule has 0 heterocycles. The molecule has 0 saturated heterocycles. The van der Waals surface area contributed by atoms with Gasteiger partial charge in [0.1, 0.15) is 11.6 Å². The number of anilines is 1. The fourth-order valence-electron chi connectivity index (χ4n) is 3.01. The van der Waals surface area contributed by atoms with Crippen molar-refractivity contribution >= 4 is 5.69 Å². The Bertz CT molecular complexity index is 639. The van der Waals surface area contributed by atoms with Gasteiger partial charge in [-0.25, -0.2) is 8.78 Å². The molecule has 0 aliphatic heterocycles. The minimum atomic E-state index is -0.555. The Kier molecular flexibility index (Phi) is 7.23. The van der Waals surface area contributed by atoms with E-state index in [1.165, 1.54) is 48.9 Å². The third-order valence-corrected chi connectivity index (χ3v) is 4.57. The van der Waals surface area contributed by atoms with Gasteiger partial charge in [0, 0.05) is 12.6 Å². The van der Waals surface area contributed by atoms with Crippen molar-refractivity contribution in [2.75, 3.05) is 5.32 Å².